The molecule has 0 saturated carbocycles. The van der Waals surface area contributed by atoms with Crippen molar-refractivity contribution in [1.82, 2.24) is 0 Å². The van der Waals surface area contributed by atoms with E-state index in [4.69, 9.17) is 9.47 Å². The molecular formula is C24H32O6. The molecule has 0 radical (unpaired) electrons. The summed E-state index contributed by atoms with van der Waals surface area (Å²) >= 11 is 0. The Kier molecular flexibility index (Phi) is 8.21. The first kappa shape index (κ1) is 23.6. The van der Waals surface area contributed by atoms with Gasteiger partial charge in [0, 0.05) is 30.9 Å². The fourth-order valence-electron chi connectivity index (χ4n) is 4.08. The number of hydrogen-bond acceptors (Lipinski definition) is 5. The minimum absolute atomic E-state index is 0.00865. The standard InChI is InChI=1S/C24H32O6/c1-6-7-8-9-17-10-21(29-15(4)25)23(22(11-17)30-16(5)26)20-13-18(24(27)28)12-19(20)14(2)3/h10-11,13-14,19-20H,6-9,12H2,1-5H3,(H,27,28)/t19-,20+/m0/s1. The number of unbranched alkanes of at least 4 members (excludes halogenated alkanes) is 2. The van der Waals surface area contributed by atoms with E-state index in [0.717, 1.165) is 31.2 Å². The van der Waals surface area contributed by atoms with Crippen molar-refractivity contribution in [2.24, 2.45) is 11.8 Å². The molecule has 1 N–H and O–H groups in total. The van der Waals surface area contributed by atoms with Crippen molar-refractivity contribution < 1.29 is 29.0 Å². The Bertz CT molecular complexity index is 799. The molecule has 1 aliphatic rings. The average molecular weight is 417 g/mol. The van der Waals surface area contributed by atoms with Crippen molar-refractivity contribution in [2.45, 2.75) is 72.6 Å². The maximum Gasteiger partial charge on any atom is 0.331 e. The maximum absolute atomic E-state index is 11.8. The van der Waals surface area contributed by atoms with Crippen LogP contribution in [0.4, 0.5) is 0 Å². The number of carbonyl (C=O) groups excluding carboxylic acids is 2. The van der Waals surface area contributed by atoms with Crippen LogP contribution in [0.5, 0.6) is 11.5 Å². The highest BCUT2D eigenvalue weighted by atomic mass is 16.5. The molecule has 0 aliphatic heterocycles. The number of aliphatic carboxylic acids is 1. The third-order valence-corrected chi connectivity index (χ3v) is 5.50. The van der Waals surface area contributed by atoms with Crippen LogP contribution in [0, 0.1) is 11.8 Å². The molecule has 0 heterocycles. The summed E-state index contributed by atoms with van der Waals surface area (Å²) in [5.74, 6) is -1.38. The van der Waals surface area contributed by atoms with Crippen LogP contribution >= 0.6 is 0 Å². The van der Waals surface area contributed by atoms with Crippen LogP contribution < -0.4 is 9.47 Å². The lowest BCUT2D eigenvalue weighted by molar-refractivity contribution is -0.133. The second-order valence-electron chi connectivity index (χ2n) is 8.28. The number of ether oxygens (including phenoxy) is 2. The van der Waals surface area contributed by atoms with Crippen LogP contribution in [0.3, 0.4) is 0 Å². The quantitative estimate of drug-likeness (QED) is 0.345. The van der Waals surface area contributed by atoms with Gasteiger partial charge in [-0.3, -0.25) is 9.59 Å². The van der Waals surface area contributed by atoms with E-state index >= 15 is 0 Å². The van der Waals surface area contributed by atoms with Gasteiger partial charge in [-0.25, -0.2) is 4.79 Å². The van der Waals surface area contributed by atoms with E-state index in [1.165, 1.54) is 13.8 Å². The predicted octanol–water partition coefficient (Wildman–Crippen LogP) is 5.04. The van der Waals surface area contributed by atoms with Gasteiger partial charge in [-0.05, 0) is 48.8 Å². The first-order valence-corrected chi connectivity index (χ1v) is 10.6. The molecule has 1 aromatic carbocycles. The second kappa shape index (κ2) is 10.4. The topological polar surface area (TPSA) is 89.9 Å². The Balaban J connectivity index is 2.64. The minimum Gasteiger partial charge on any atom is -0.478 e. The highest BCUT2D eigenvalue weighted by molar-refractivity contribution is 5.88. The summed E-state index contributed by atoms with van der Waals surface area (Å²) in [4.78, 5) is 35.3. The fourth-order valence-corrected chi connectivity index (χ4v) is 4.08. The van der Waals surface area contributed by atoms with E-state index < -0.39 is 17.9 Å². The molecule has 0 bridgehead atoms. The summed E-state index contributed by atoms with van der Waals surface area (Å²) < 4.78 is 11.1. The first-order chi connectivity index (χ1) is 14.1. The van der Waals surface area contributed by atoms with Gasteiger partial charge < -0.3 is 14.6 Å². The van der Waals surface area contributed by atoms with Crippen LogP contribution in [-0.2, 0) is 20.8 Å². The molecule has 1 aliphatic carbocycles. The van der Waals surface area contributed by atoms with Crippen molar-refractivity contribution in [3.8, 4) is 11.5 Å². The molecule has 30 heavy (non-hydrogen) atoms. The molecule has 0 amide bonds. The minimum atomic E-state index is -0.956. The third-order valence-electron chi connectivity index (χ3n) is 5.50. The molecular weight excluding hydrogens is 384 g/mol. The number of rotatable bonds is 9. The van der Waals surface area contributed by atoms with E-state index in [1.54, 1.807) is 6.08 Å². The van der Waals surface area contributed by atoms with Crippen LogP contribution in [0.15, 0.2) is 23.8 Å². The lowest BCUT2D eigenvalue weighted by atomic mass is 9.80. The van der Waals surface area contributed by atoms with Crippen molar-refractivity contribution in [1.29, 1.82) is 0 Å². The van der Waals surface area contributed by atoms with Gasteiger partial charge in [0.1, 0.15) is 11.5 Å². The Labute approximate surface area is 178 Å². The van der Waals surface area contributed by atoms with Crippen LogP contribution in [0.1, 0.15) is 77.3 Å². The highest BCUT2D eigenvalue weighted by Crippen LogP contribution is 2.49. The predicted molar refractivity (Wildman–Crippen MR) is 114 cm³/mol. The average Bonchev–Trinajstić information content (AvgIpc) is 3.06. The summed E-state index contributed by atoms with van der Waals surface area (Å²) in [6.07, 6.45) is 6.00. The van der Waals surface area contributed by atoms with Crippen molar-refractivity contribution in [2.75, 3.05) is 0 Å². The molecule has 1 aromatic rings. The molecule has 0 saturated heterocycles. The van der Waals surface area contributed by atoms with E-state index in [1.807, 2.05) is 26.0 Å². The number of hydrogen-bond donors (Lipinski definition) is 1. The Morgan fingerprint density at radius 1 is 1.07 bits per heavy atom. The van der Waals surface area contributed by atoms with Crippen LogP contribution in [0.2, 0.25) is 0 Å². The Morgan fingerprint density at radius 3 is 2.07 bits per heavy atom. The number of carboxylic acid groups (broad SMARTS) is 1. The normalized spacial score (nSPS) is 18.3. The van der Waals surface area contributed by atoms with Crippen molar-refractivity contribution in [3.63, 3.8) is 0 Å². The fraction of sp³-hybridized carbons (Fsp3) is 0.542. The van der Waals surface area contributed by atoms with Gasteiger partial charge in [-0.15, -0.1) is 0 Å². The highest BCUT2D eigenvalue weighted by Gasteiger charge is 2.37. The van der Waals surface area contributed by atoms with Crippen molar-refractivity contribution >= 4 is 17.9 Å². The molecule has 2 rings (SSSR count). The molecule has 164 valence electrons. The molecule has 0 fully saturated rings. The molecule has 2 atom stereocenters. The van der Waals surface area contributed by atoms with Gasteiger partial charge in [0.05, 0.1) is 0 Å². The van der Waals surface area contributed by atoms with Crippen molar-refractivity contribution in [3.05, 3.63) is 34.9 Å². The zero-order chi connectivity index (χ0) is 22.4. The van der Waals surface area contributed by atoms with Crippen LogP contribution in [0.25, 0.3) is 0 Å². The number of carboxylic acids is 1. The van der Waals surface area contributed by atoms with Gasteiger partial charge in [-0.2, -0.15) is 0 Å². The molecule has 6 nitrogen and oxygen atoms in total. The van der Waals surface area contributed by atoms with Gasteiger partial charge in [-0.1, -0.05) is 39.7 Å². The van der Waals surface area contributed by atoms with Gasteiger partial charge in [0.15, 0.2) is 0 Å². The number of carbonyl (C=O) groups is 3. The number of esters is 2. The zero-order valence-electron chi connectivity index (χ0n) is 18.5. The lowest BCUT2D eigenvalue weighted by Crippen LogP contribution is -2.17. The van der Waals surface area contributed by atoms with E-state index in [2.05, 4.69) is 6.92 Å². The lowest BCUT2D eigenvalue weighted by Gasteiger charge is -2.27. The maximum atomic E-state index is 11.8. The zero-order valence-corrected chi connectivity index (χ0v) is 18.5. The molecule has 0 aromatic heterocycles. The van der Waals surface area contributed by atoms with E-state index in [9.17, 15) is 19.5 Å². The second-order valence-corrected chi connectivity index (χ2v) is 8.28. The summed E-state index contributed by atoms with van der Waals surface area (Å²) in [6.45, 7) is 8.84. The first-order valence-electron chi connectivity index (χ1n) is 10.6. The Hall–Kier alpha value is -2.63. The van der Waals surface area contributed by atoms with E-state index in [0.29, 0.717) is 29.1 Å². The number of benzene rings is 1. The summed E-state index contributed by atoms with van der Waals surface area (Å²) in [7, 11) is 0. The molecule has 6 heteroatoms. The van der Waals surface area contributed by atoms with Gasteiger partial charge in [0.25, 0.3) is 0 Å². The largest absolute Gasteiger partial charge is 0.478 e. The smallest absolute Gasteiger partial charge is 0.331 e. The van der Waals surface area contributed by atoms with Gasteiger partial charge >= 0.3 is 17.9 Å². The third kappa shape index (κ3) is 5.94. The van der Waals surface area contributed by atoms with Gasteiger partial charge in [0.2, 0.25) is 0 Å². The van der Waals surface area contributed by atoms with Crippen LogP contribution in [-0.4, -0.2) is 23.0 Å². The monoisotopic (exact) mass is 416 g/mol. The molecule has 0 unspecified atom stereocenters. The number of allylic oxidation sites excluding steroid dienone is 1. The SMILES string of the molecule is CCCCCc1cc(OC(C)=O)c([C@@H]2C=C(C(=O)O)C[C@H]2C(C)C)c(OC(C)=O)c1. The van der Waals surface area contributed by atoms with E-state index in [-0.39, 0.29) is 17.8 Å². The number of aryl methyl sites for hydroxylation is 1. The Morgan fingerprint density at radius 2 is 1.63 bits per heavy atom. The molecule has 0 spiro atoms. The summed E-state index contributed by atoms with van der Waals surface area (Å²) in [5, 5.41) is 9.53. The summed E-state index contributed by atoms with van der Waals surface area (Å²) in [5.41, 5.74) is 1.81. The summed E-state index contributed by atoms with van der Waals surface area (Å²) in [6, 6.07) is 3.65.